The van der Waals surface area contributed by atoms with E-state index in [9.17, 15) is 24.6 Å². The summed E-state index contributed by atoms with van der Waals surface area (Å²) < 4.78 is 5.42. The number of alkyl carbamates (subject to hydrolysis) is 1. The number of rotatable bonds is 12. The van der Waals surface area contributed by atoms with Gasteiger partial charge in [-0.1, -0.05) is 43.7 Å². The molecule has 2 aromatic carbocycles. The number of benzene rings is 2. The maximum absolute atomic E-state index is 14.2. The van der Waals surface area contributed by atoms with Crippen molar-refractivity contribution >= 4 is 17.9 Å². The minimum atomic E-state index is -1.11. The molecule has 0 spiro atoms. The van der Waals surface area contributed by atoms with Gasteiger partial charge in [0.05, 0.1) is 6.61 Å². The average molecular weight is 542 g/mol. The van der Waals surface area contributed by atoms with Gasteiger partial charge in [0.2, 0.25) is 11.8 Å². The van der Waals surface area contributed by atoms with E-state index in [1.807, 2.05) is 39.0 Å². The number of carbonyl (C=O) groups excluding carboxylic acids is 3. The molecule has 3 amide bonds. The van der Waals surface area contributed by atoms with Crippen LogP contribution in [0, 0.1) is 13.8 Å². The highest BCUT2D eigenvalue weighted by Gasteiger charge is 2.37. The van der Waals surface area contributed by atoms with Crippen LogP contribution in [0.1, 0.15) is 68.8 Å². The first-order valence-corrected chi connectivity index (χ1v) is 13.4. The van der Waals surface area contributed by atoms with E-state index in [1.54, 1.807) is 32.9 Å². The molecule has 0 aliphatic rings. The molecule has 9 nitrogen and oxygen atoms in total. The monoisotopic (exact) mass is 541 g/mol. The number of aromatic hydroxyl groups is 1. The van der Waals surface area contributed by atoms with Crippen LogP contribution in [0.2, 0.25) is 0 Å². The number of aliphatic hydroxyl groups is 1. The SMILES string of the molecule is CCCCNC(=O)C(c1c(C)cccc1C)N(CCO)C(=O)C(Cc1ccc(O)cc1)NC(=O)OC(C)(C)C. The van der Waals surface area contributed by atoms with Crippen molar-refractivity contribution in [3.8, 4) is 5.75 Å². The van der Waals surface area contributed by atoms with Crippen LogP contribution in [0.3, 0.4) is 0 Å². The Labute approximate surface area is 231 Å². The Morgan fingerprint density at radius 1 is 1.03 bits per heavy atom. The van der Waals surface area contributed by atoms with Gasteiger partial charge in [-0.05, 0) is 75.4 Å². The second-order valence-electron chi connectivity index (χ2n) is 10.7. The maximum Gasteiger partial charge on any atom is 0.408 e. The molecule has 2 rings (SSSR count). The largest absolute Gasteiger partial charge is 0.508 e. The zero-order chi connectivity index (χ0) is 29.2. The highest BCUT2D eigenvalue weighted by atomic mass is 16.6. The van der Waals surface area contributed by atoms with Gasteiger partial charge in [0.25, 0.3) is 0 Å². The average Bonchev–Trinajstić information content (AvgIpc) is 2.85. The first kappa shape index (κ1) is 31.6. The highest BCUT2D eigenvalue weighted by molar-refractivity contribution is 5.92. The molecule has 39 heavy (non-hydrogen) atoms. The fourth-order valence-corrected chi connectivity index (χ4v) is 4.36. The number of phenols is 1. The predicted molar refractivity (Wildman–Crippen MR) is 150 cm³/mol. The molecule has 4 N–H and O–H groups in total. The van der Waals surface area contributed by atoms with Gasteiger partial charge in [0.15, 0.2) is 0 Å². The summed E-state index contributed by atoms with van der Waals surface area (Å²) in [5, 5.41) is 25.3. The van der Waals surface area contributed by atoms with E-state index in [2.05, 4.69) is 10.6 Å². The Morgan fingerprint density at radius 3 is 2.18 bits per heavy atom. The van der Waals surface area contributed by atoms with Crippen molar-refractivity contribution in [1.82, 2.24) is 15.5 Å². The third-order valence-corrected chi connectivity index (χ3v) is 6.19. The molecule has 0 aliphatic carbocycles. The lowest BCUT2D eigenvalue weighted by atomic mass is 9.93. The van der Waals surface area contributed by atoms with Crippen LogP contribution < -0.4 is 10.6 Å². The standard InChI is InChI=1S/C30H43N3O6/c1-7-8-16-31-27(36)26(25-20(2)10-9-11-21(25)3)33(17-18-34)28(37)24(32-29(38)39-30(4,5)6)19-22-12-14-23(35)15-13-22/h9-15,24,26,34-35H,7-8,16-19H2,1-6H3,(H,31,36)(H,32,38). The van der Waals surface area contributed by atoms with Crippen LogP contribution in [0.15, 0.2) is 42.5 Å². The van der Waals surface area contributed by atoms with E-state index in [0.717, 1.165) is 24.0 Å². The summed E-state index contributed by atoms with van der Waals surface area (Å²) in [5.41, 5.74) is 2.23. The van der Waals surface area contributed by atoms with Crippen molar-refractivity contribution in [2.75, 3.05) is 19.7 Å². The summed E-state index contributed by atoms with van der Waals surface area (Å²) in [4.78, 5) is 42.0. The zero-order valence-electron chi connectivity index (χ0n) is 23.9. The van der Waals surface area contributed by atoms with Gasteiger partial charge in [-0.3, -0.25) is 9.59 Å². The van der Waals surface area contributed by atoms with E-state index >= 15 is 0 Å². The number of aliphatic hydroxyl groups excluding tert-OH is 1. The Hall–Kier alpha value is -3.59. The van der Waals surface area contributed by atoms with Crippen molar-refractivity contribution in [2.24, 2.45) is 0 Å². The molecule has 9 heteroatoms. The van der Waals surface area contributed by atoms with Crippen LogP contribution in [-0.4, -0.2) is 64.4 Å². The van der Waals surface area contributed by atoms with Crippen LogP contribution >= 0.6 is 0 Å². The third kappa shape index (κ3) is 9.58. The van der Waals surface area contributed by atoms with Crippen LogP contribution in [0.4, 0.5) is 4.79 Å². The number of nitrogens with one attached hydrogen (secondary N) is 2. The summed E-state index contributed by atoms with van der Waals surface area (Å²) in [5.74, 6) is -0.827. The fraction of sp³-hybridized carbons (Fsp3) is 0.500. The van der Waals surface area contributed by atoms with E-state index in [1.165, 1.54) is 17.0 Å². The number of unbranched alkanes of at least 4 members (excludes halogenated alkanes) is 1. The molecule has 2 aromatic rings. The van der Waals surface area contributed by atoms with Crippen molar-refractivity contribution in [2.45, 2.75) is 78.5 Å². The molecule has 2 atom stereocenters. The normalized spacial score (nSPS) is 12.8. The van der Waals surface area contributed by atoms with Crippen molar-refractivity contribution in [3.05, 3.63) is 64.7 Å². The van der Waals surface area contributed by atoms with Crippen molar-refractivity contribution in [1.29, 1.82) is 0 Å². The highest BCUT2D eigenvalue weighted by Crippen LogP contribution is 2.29. The molecule has 0 saturated heterocycles. The maximum atomic E-state index is 14.2. The molecule has 0 aliphatic heterocycles. The summed E-state index contributed by atoms with van der Waals surface area (Å²) >= 11 is 0. The van der Waals surface area contributed by atoms with Crippen molar-refractivity contribution < 1.29 is 29.3 Å². The third-order valence-electron chi connectivity index (χ3n) is 6.19. The lowest BCUT2D eigenvalue weighted by molar-refractivity contribution is -0.143. The lowest BCUT2D eigenvalue weighted by Gasteiger charge is -2.35. The van der Waals surface area contributed by atoms with E-state index < -0.39 is 29.7 Å². The van der Waals surface area contributed by atoms with E-state index in [4.69, 9.17) is 4.74 Å². The molecule has 0 fully saturated rings. The van der Waals surface area contributed by atoms with Crippen LogP contribution in [0.5, 0.6) is 5.75 Å². The number of nitrogens with zero attached hydrogens (tertiary/aromatic N) is 1. The number of carbonyl (C=O) groups is 3. The van der Waals surface area contributed by atoms with Gasteiger partial charge in [-0.2, -0.15) is 0 Å². The summed E-state index contributed by atoms with van der Waals surface area (Å²) in [6.07, 6.45) is 0.974. The molecular formula is C30H43N3O6. The molecule has 0 heterocycles. The van der Waals surface area contributed by atoms with Gasteiger partial charge < -0.3 is 30.5 Å². The Kier molecular flexibility index (Phi) is 11.8. The molecule has 0 saturated carbocycles. The number of amides is 3. The second-order valence-corrected chi connectivity index (χ2v) is 10.7. The van der Waals surface area contributed by atoms with E-state index in [0.29, 0.717) is 17.7 Å². The molecule has 0 aromatic heterocycles. The number of hydrogen-bond acceptors (Lipinski definition) is 6. The lowest BCUT2D eigenvalue weighted by Crippen LogP contribution is -2.54. The minimum absolute atomic E-state index is 0.0717. The number of aryl methyl sites for hydroxylation is 2. The molecule has 0 radical (unpaired) electrons. The van der Waals surface area contributed by atoms with Gasteiger partial charge >= 0.3 is 6.09 Å². The molecule has 2 unspecified atom stereocenters. The van der Waals surface area contributed by atoms with E-state index in [-0.39, 0.29) is 31.2 Å². The zero-order valence-corrected chi connectivity index (χ0v) is 23.9. The number of hydrogen-bond donors (Lipinski definition) is 4. The van der Waals surface area contributed by atoms with Crippen molar-refractivity contribution in [3.63, 3.8) is 0 Å². The second kappa shape index (κ2) is 14.5. The van der Waals surface area contributed by atoms with Gasteiger partial charge in [0.1, 0.15) is 23.4 Å². The Bertz CT molecular complexity index is 1090. The summed E-state index contributed by atoms with van der Waals surface area (Å²) in [7, 11) is 0. The fourth-order valence-electron chi connectivity index (χ4n) is 4.36. The molecule has 214 valence electrons. The smallest absolute Gasteiger partial charge is 0.408 e. The van der Waals surface area contributed by atoms with Gasteiger partial charge in [-0.15, -0.1) is 0 Å². The topological polar surface area (TPSA) is 128 Å². The van der Waals surface area contributed by atoms with Gasteiger partial charge in [-0.25, -0.2) is 4.79 Å². The summed E-state index contributed by atoms with van der Waals surface area (Å²) in [6, 6.07) is 9.82. The first-order chi connectivity index (χ1) is 18.4. The van der Waals surface area contributed by atoms with Gasteiger partial charge in [0, 0.05) is 19.5 Å². The quantitative estimate of drug-likeness (QED) is 0.302. The molecular weight excluding hydrogens is 498 g/mol. The van der Waals surface area contributed by atoms with Crippen LogP contribution in [0.25, 0.3) is 0 Å². The first-order valence-electron chi connectivity index (χ1n) is 13.4. The minimum Gasteiger partial charge on any atom is -0.508 e. The molecule has 0 bridgehead atoms. The Balaban J connectivity index is 2.56. The Morgan fingerprint density at radius 2 is 1.64 bits per heavy atom. The predicted octanol–water partition coefficient (Wildman–Crippen LogP) is 3.92. The van der Waals surface area contributed by atoms with Crippen LogP contribution in [-0.2, 0) is 20.7 Å². The number of phenolic OH excluding ortho intramolecular Hbond substituents is 1. The number of ether oxygens (including phenoxy) is 1. The summed E-state index contributed by atoms with van der Waals surface area (Å²) in [6.45, 7) is 10.9.